The third-order valence-corrected chi connectivity index (χ3v) is 4.32. The summed E-state index contributed by atoms with van der Waals surface area (Å²) in [6.07, 6.45) is 0. The van der Waals surface area contributed by atoms with Crippen molar-refractivity contribution in [2.45, 2.75) is 12.5 Å². The fourth-order valence-electron chi connectivity index (χ4n) is 1.78. The minimum absolute atomic E-state index is 0.0245. The Hall–Kier alpha value is -1.89. The lowest BCUT2D eigenvalue weighted by molar-refractivity contribution is -0.141. The lowest BCUT2D eigenvalue weighted by atomic mass is 10.1. The maximum absolute atomic E-state index is 11.2. The van der Waals surface area contributed by atoms with Crippen LogP contribution in [0.4, 0.5) is 0 Å². The molecule has 1 aromatic carbocycles. The predicted octanol–water partition coefficient (Wildman–Crippen LogP) is 1.75. The summed E-state index contributed by atoms with van der Waals surface area (Å²) in [4.78, 5) is 15.4. The van der Waals surface area contributed by atoms with Crippen LogP contribution in [0.3, 0.4) is 0 Å². The van der Waals surface area contributed by atoms with Gasteiger partial charge in [-0.05, 0) is 13.0 Å². The second kappa shape index (κ2) is 5.24. The number of rotatable bonds is 4. The van der Waals surface area contributed by atoms with Gasteiger partial charge in [0.05, 0.1) is 19.8 Å². The largest absolute Gasteiger partial charge is 0.507 e. The zero-order valence-corrected chi connectivity index (χ0v) is 12.2. The zero-order valence-electron chi connectivity index (χ0n) is 11.3. The standard InChI is InChI=1S/C13H15NO5S/c1-13(12(16)17)6-20-11(14-13)7-4-9(18-2)10(19-3)5-8(7)15/h4-5,15H,6H2,1-3H3,(H,16,17)/t13-/m1/s1. The molecule has 0 saturated carbocycles. The number of aliphatic imine (C=N–C) groups is 1. The number of hydrogen-bond donors (Lipinski definition) is 2. The first-order valence-corrected chi connectivity index (χ1v) is 6.81. The maximum Gasteiger partial charge on any atom is 0.332 e. The molecule has 0 bridgehead atoms. The summed E-state index contributed by atoms with van der Waals surface area (Å²) in [6, 6.07) is 3.02. The molecule has 2 N–H and O–H groups in total. The first-order chi connectivity index (χ1) is 9.41. The third kappa shape index (κ3) is 2.40. The van der Waals surface area contributed by atoms with Crippen molar-refractivity contribution in [3.63, 3.8) is 0 Å². The Morgan fingerprint density at radius 3 is 2.45 bits per heavy atom. The van der Waals surface area contributed by atoms with Gasteiger partial charge in [-0.2, -0.15) is 0 Å². The Labute approximate surface area is 120 Å². The summed E-state index contributed by atoms with van der Waals surface area (Å²) in [5.41, 5.74) is -0.725. The van der Waals surface area contributed by atoms with E-state index in [9.17, 15) is 9.90 Å². The normalized spacial score (nSPS) is 21.4. The summed E-state index contributed by atoms with van der Waals surface area (Å²) in [5.74, 6) is 0.167. The van der Waals surface area contributed by atoms with E-state index in [-0.39, 0.29) is 5.75 Å². The van der Waals surface area contributed by atoms with E-state index in [4.69, 9.17) is 14.6 Å². The summed E-state index contributed by atoms with van der Waals surface area (Å²) in [6.45, 7) is 1.55. The van der Waals surface area contributed by atoms with Crippen LogP contribution in [0.15, 0.2) is 17.1 Å². The zero-order chi connectivity index (χ0) is 14.9. The highest BCUT2D eigenvalue weighted by molar-refractivity contribution is 8.14. The molecule has 1 heterocycles. The van der Waals surface area contributed by atoms with Crippen molar-refractivity contribution in [2.24, 2.45) is 4.99 Å². The number of methoxy groups -OCH3 is 2. The second-order valence-corrected chi connectivity index (χ2v) is 5.47. The second-order valence-electron chi connectivity index (χ2n) is 4.51. The average Bonchev–Trinajstić information content (AvgIpc) is 2.82. The Balaban J connectivity index is 2.47. The van der Waals surface area contributed by atoms with Crippen molar-refractivity contribution in [2.75, 3.05) is 20.0 Å². The van der Waals surface area contributed by atoms with E-state index in [1.54, 1.807) is 13.0 Å². The molecule has 0 aliphatic carbocycles. The fourth-order valence-corrected chi connectivity index (χ4v) is 2.98. The molecule has 0 radical (unpaired) electrons. The fraction of sp³-hybridized carbons (Fsp3) is 0.385. The van der Waals surface area contributed by atoms with E-state index in [2.05, 4.69) is 4.99 Å². The summed E-state index contributed by atoms with van der Waals surface area (Å²) < 4.78 is 10.3. The van der Waals surface area contributed by atoms with Crippen molar-refractivity contribution < 1.29 is 24.5 Å². The molecule has 0 amide bonds. The molecular formula is C13H15NO5S. The van der Waals surface area contributed by atoms with Crippen molar-refractivity contribution in [3.05, 3.63) is 17.7 Å². The minimum Gasteiger partial charge on any atom is -0.507 e. The van der Waals surface area contributed by atoms with Crippen LogP contribution in [0.25, 0.3) is 0 Å². The topological polar surface area (TPSA) is 88.4 Å². The number of ether oxygens (including phenoxy) is 2. The first kappa shape index (κ1) is 14.5. The molecule has 20 heavy (non-hydrogen) atoms. The number of phenols is 1. The Morgan fingerprint density at radius 2 is 1.95 bits per heavy atom. The van der Waals surface area contributed by atoms with Gasteiger partial charge >= 0.3 is 5.97 Å². The van der Waals surface area contributed by atoms with E-state index in [0.29, 0.717) is 27.9 Å². The van der Waals surface area contributed by atoms with Crippen molar-refractivity contribution in [1.29, 1.82) is 0 Å². The van der Waals surface area contributed by atoms with Gasteiger partial charge in [0.1, 0.15) is 10.8 Å². The molecule has 2 rings (SSSR count). The van der Waals surface area contributed by atoms with Crippen LogP contribution < -0.4 is 9.47 Å². The van der Waals surface area contributed by atoms with E-state index < -0.39 is 11.5 Å². The van der Waals surface area contributed by atoms with E-state index in [1.807, 2.05) is 0 Å². The number of aromatic hydroxyl groups is 1. The van der Waals surface area contributed by atoms with Crippen LogP contribution in [0.5, 0.6) is 17.2 Å². The molecule has 1 atom stereocenters. The van der Waals surface area contributed by atoms with Gasteiger partial charge in [0.2, 0.25) is 0 Å². The highest BCUT2D eigenvalue weighted by atomic mass is 32.2. The van der Waals surface area contributed by atoms with E-state index in [0.717, 1.165) is 0 Å². The molecule has 0 unspecified atom stereocenters. The van der Waals surface area contributed by atoms with Gasteiger partial charge in [-0.25, -0.2) is 4.79 Å². The molecule has 108 valence electrons. The van der Waals surface area contributed by atoms with Gasteiger partial charge in [0.25, 0.3) is 0 Å². The number of hydrogen-bond acceptors (Lipinski definition) is 6. The molecule has 7 heteroatoms. The molecular weight excluding hydrogens is 282 g/mol. The van der Waals surface area contributed by atoms with Gasteiger partial charge in [-0.15, -0.1) is 11.8 Å². The number of nitrogens with zero attached hydrogens (tertiary/aromatic N) is 1. The van der Waals surface area contributed by atoms with Gasteiger partial charge < -0.3 is 19.7 Å². The van der Waals surface area contributed by atoms with Crippen LogP contribution in [0.1, 0.15) is 12.5 Å². The summed E-state index contributed by atoms with van der Waals surface area (Å²) in [7, 11) is 2.96. The van der Waals surface area contributed by atoms with Gasteiger partial charge in [0, 0.05) is 11.8 Å². The summed E-state index contributed by atoms with van der Waals surface area (Å²) in [5, 5.41) is 19.7. The van der Waals surface area contributed by atoms with E-state index in [1.165, 1.54) is 32.0 Å². The highest BCUT2D eigenvalue weighted by Crippen LogP contribution is 2.39. The van der Waals surface area contributed by atoms with Crippen LogP contribution in [-0.2, 0) is 4.79 Å². The van der Waals surface area contributed by atoms with Gasteiger partial charge in [0.15, 0.2) is 17.0 Å². The Bertz CT molecular complexity index is 586. The summed E-state index contributed by atoms with van der Waals surface area (Å²) >= 11 is 1.29. The average molecular weight is 297 g/mol. The molecule has 1 aromatic rings. The van der Waals surface area contributed by atoms with Crippen LogP contribution in [0.2, 0.25) is 0 Å². The van der Waals surface area contributed by atoms with Crippen molar-refractivity contribution in [3.8, 4) is 17.2 Å². The molecule has 0 aromatic heterocycles. The number of thioether (sulfide) groups is 1. The molecule has 6 nitrogen and oxygen atoms in total. The number of phenolic OH excluding ortho intramolecular Hbond substituents is 1. The number of carbonyl (C=O) groups is 1. The lowest BCUT2D eigenvalue weighted by Crippen LogP contribution is -2.33. The smallest absolute Gasteiger partial charge is 0.332 e. The predicted molar refractivity (Wildman–Crippen MR) is 76.2 cm³/mol. The van der Waals surface area contributed by atoms with Gasteiger partial charge in [-0.1, -0.05) is 0 Å². The van der Waals surface area contributed by atoms with Crippen LogP contribution in [0, 0.1) is 0 Å². The quantitative estimate of drug-likeness (QED) is 0.880. The molecule has 1 aliphatic heterocycles. The molecule has 0 spiro atoms. The number of carboxylic acids is 1. The first-order valence-electron chi connectivity index (χ1n) is 5.82. The van der Waals surface area contributed by atoms with Crippen LogP contribution >= 0.6 is 11.8 Å². The Morgan fingerprint density at radius 1 is 1.35 bits per heavy atom. The molecule has 0 saturated heterocycles. The number of benzene rings is 1. The monoisotopic (exact) mass is 297 g/mol. The lowest BCUT2D eigenvalue weighted by Gasteiger charge is -2.12. The third-order valence-electron chi connectivity index (χ3n) is 3.03. The number of carboxylic acid groups (broad SMARTS) is 1. The van der Waals surface area contributed by atoms with Crippen molar-refractivity contribution >= 4 is 22.8 Å². The highest BCUT2D eigenvalue weighted by Gasteiger charge is 2.39. The van der Waals surface area contributed by atoms with Crippen molar-refractivity contribution in [1.82, 2.24) is 0 Å². The minimum atomic E-state index is -1.17. The van der Waals surface area contributed by atoms with Gasteiger partial charge in [-0.3, -0.25) is 4.99 Å². The Kier molecular flexibility index (Phi) is 3.80. The van der Waals surface area contributed by atoms with E-state index >= 15 is 0 Å². The number of aliphatic carboxylic acids is 1. The molecule has 1 aliphatic rings. The molecule has 0 fully saturated rings. The SMILES string of the molecule is COc1cc(O)c(C2=N[C@@](C)(C(=O)O)CS2)cc1OC. The van der Waals surface area contributed by atoms with Crippen LogP contribution in [-0.4, -0.2) is 46.7 Å². The maximum atomic E-state index is 11.2.